The van der Waals surface area contributed by atoms with Gasteiger partial charge in [0, 0.05) is 10.5 Å². The molecule has 1 heterocycles. The summed E-state index contributed by atoms with van der Waals surface area (Å²) in [4.78, 5) is 3.87. The number of benzene rings is 1. The number of hydrogen-bond acceptors (Lipinski definition) is 3. The van der Waals surface area contributed by atoms with Crippen LogP contribution in [-0.4, -0.2) is 4.98 Å². The second kappa shape index (κ2) is 5.27. The van der Waals surface area contributed by atoms with E-state index in [9.17, 15) is 0 Å². The molecule has 1 aromatic carbocycles. The Morgan fingerprint density at radius 1 is 1.44 bits per heavy atom. The average Bonchev–Trinajstić information content (AvgIpc) is 2.79. The molecule has 0 fully saturated rings. The standard InChI is InChI=1S/C12H13BrN2O/c1-9(11-4-2-3-5-12(11)13)15-7-10-6-14-8-16-10/h2-6,8-9,15H,7H2,1H3/t9-/m1/s1. The molecular weight excluding hydrogens is 268 g/mol. The first kappa shape index (κ1) is 11.4. The van der Waals surface area contributed by atoms with Gasteiger partial charge in [-0.3, -0.25) is 0 Å². The van der Waals surface area contributed by atoms with Crippen molar-refractivity contribution >= 4 is 15.9 Å². The van der Waals surface area contributed by atoms with Crippen molar-refractivity contribution in [3.8, 4) is 0 Å². The fourth-order valence-corrected chi connectivity index (χ4v) is 2.15. The van der Waals surface area contributed by atoms with Crippen LogP contribution in [0.2, 0.25) is 0 Å². The zero-order valence-corrected chi connectivity index (χ0v) is 10.6. The minimum atomic E-state index is 0.265. The van der Waals surface area contributed by atoms with Crippen molar-refractivity contribution in [3.05, 3.63) is 52.7 Å². The summed E-state index contributed by atoms with van der Waals surface area (Å²) in [6, 6.07) is 8.45. The third-order valence-electron chi connectivity index (χ3n) is 2.44. The highest BCUT2D eigenvalue weighted by atomic mass is 79.9. The summed E-state index contributed by atoms with van der Waals surface area (Å²) in [5.74, 6) is 0.846. The molecule has 0 aliphatic rings. The number of aromatic nitrogens is 1. The van der Waals surface area contributed by atoms with E-state index in [4.69, 9.17) is 4.42 Å². The molecule has 0 aliphatic carbocycles. The van der Waals surface area contributed by atoms with Gasteiger partial charge in [0.1, 0.15) is 5.76 Å². The molecule has 2 rings (SSSR count). The molecular formula is C12H13BrN2O. The van der Waals surface area contributed by atoms with Gasteiger partial charge in [-0.05, 0) is 18.6 Å². The number of halogens is 1. The topological polar surface area (TPSA) is 38.1 Å². The molecule has 0 amide bonds. The van der Waals surface area contributed by atoms with Crippen LogP contribution in [0.4, 0.5) is 0 Å². The van der Waals surface area contributed by atoms with Crippen LogP contribution >= 0.6 is 15.9 Å². The van der Waals surface area contributed by atoms with Gasteiger partial charge in [0.2, 0.25) is 0 Å². The van der Waals surface area contributed by atoms with Crippen LogP contribution in [0.25, 0.3) is 0 Å². The van der Waals surface area contributed by atoms with E-state index in [-0.39, 0.29) is 6.04 Å². The lowest BCUT2D eigenvalue weighted by Crippen LogP contribution is -2.18. The maximum absolute atomic E-state index is 5.16. The molecule has 0 unspecified atom stereocenters. The van der Waals surface area contributed by atoms with Gasteiger partial charge in [0.25, 0.3) is 0 Å². The summed E-state index contributed by atoms with van der Waals surface area (Å²) < 4.78 is 6.28. The Morgan fingerprint density at radius 2 is 2.25 bits per heavy atom. The number of nitrogens with zero attached hydrogens (tertiary/aromatic N) is 1. The number of hydrogen-bond donors (Lipinski definition) is 1. The first-order chi connectivity index (χ1) is 7.77. The molecule has 16 heavy (non-hydrogen) atoms. The molecule has 2 aromatic rings. The Hall–Kier alpha value is -1.13. The van der Waals surface area contributed by atoms with Gasteiger partial charge in [0.15, 0.2) is 6.39 Å². The molecule has 4 heteroatoms. The van der Waals surface area contributed by atoms with E-state index < -0.39 is 0 Å². The van der Waals surface area contributed by atoms with Crippen molar-refractivity contribution in [2.75, 3.05) is 0 Å². The molecule has 0 aliphatic heterocycles. The minimum absolute atomic E-state index is 0.265. The molecule has 3 nitrogen and oxygen atoms in total. The molecule has 84 valence electrons. The van der Waals surface area contributed by atoms with Crippen molar-refractivity contribution in [3.63, 3.8) is 0 Å². The molecule has 0 saturated heterocycles. The highest BCUT2D eigenvalue weighted by molar-refractivity contribution is 9.10. The molecule has 1 atom stereocenters. The third kappa shape index (κ3) is 2.71. The van der Waals surface area contributed by atoms with E-state index in [1.54, 1.807) is 6.20 Å². The van der Waals surface area contributed by atoms with E-state index in [1.807, 2.05) is 18.2 Å². The van der Waals surface area contributed by atoms with Crippen LogP contribution in [0.5, 0.6) is 0 Å². The second-order valence-corrected chi connectivity index (χ2v) is 4.45. The van der Waals surface area contributed by atoms with Crippen LogP contribution < -0.4 is 5.32 Å². The maximum atomic E-state index is 5.16. The van der Waals surface area contributed by atoms with Gasteiger partial charge >= 0.3 is 0 Å². The molecule has 0 radical (unpaired) electrons. The maximum Gasteiger partial charge on any atom is 0.180 e. The average molecular weight is 281 g/mol. The molecule has 0 spiro atoms. The fraction of sp³-hybridized carbons (Fsp3) is 0.250. The summed E-state index contributed by atoms with van der Waals surface area (Å²) >= 11 is 3.54. The Labute approximate surface area is 103 Å². The lowest BCUT2D eigenvalue weighted by molar-refractivity contribution is 0.457. The van der Waals surface area contributed by atoms with Crippen molar-refractivity contribution in [1.29, 1.82) is 0 Å². The van der Waals surface area contributed by atoms with Crippen LogP contribution in [0.1, 0.15) is 24.3 Å². The molecule has 1 aromatic heterocycles. The van der Waals surface area contributed by atoms with Gasteiger partial charge in [0.05, 0.1) is 12.7 Å². The van der Waals surface area contributed by atoms with Gasteiger partial charge < -0.3 is 9.73 Å². The fourth-order valence-electron chi connectivity index (χ4n) is 1.52. The Bertz CT molecular complexity index is 442. The van der Waals surface area contributed by atoms with Crippen molar-refractivity contribution in [2.45, 2.75) is 19.5 Å². The summed E-state index contributed by atoms with van der Waals surface area (Å²) in [6.45, 7) is 2.80. The van der Waals surface area contributed by atoms with Crippen LogP contribution in [-0.2, 0) is 6.54 Å². The quantitative estimate of drug-likeness (QED) is 0.934. The first-order valence-electron chi connectivity index (χ1n) is 5.12. The van der Waals surface area contributed by atoms with Crippen LogP contribution in [0.3, 0.4) is 0 Å². The second-order valence-electron chi connectivity index (χ2n) is 3.59. The lowest BCUT2D eigenvalue weighted by Gasteiger charge is -2.14. The van der Waals surface area contributed by atoms with Crippen molar-refractivity contribution < 1.29 is 4.42 Å². The number of rotatable bonds is 4. The zero-order chi connectivity index (χ0) is 11.4. The predicted octanol–water partition coefficient (Wildman–Crippen LogP) is 3.29. The summed E-state index contributed by atoms with van der Waals surface area (Å²) in [5.41, 5.74) is 1.24. The van der Waals surface area contributed by atoms with Crippen LogP contribution in [0, 0.1) is 0 Å². The Balaban J connectivity index is 1.98. The Kier molecular flexibility index (Phi) is 3.74. The van der Waals surface area contributed by atoms with E-state index in [2.05, 4.69) is 39.2 Å². The Morgan fingerprint density at radius 3 is 2.94 bits per heavy atom. The zero-order valence-electron chi connectivity index (χ0n) is 8.98. The number of nitrogens with one attached hydrogen (secondary N) is 1. The molecule has 1 N–H and O–H groups in total. The smallest absolute Gasteiger partial charge is 0.180 e. The lowest BCUT2D eigenvalue weighted by atomic mass is 10.1. The molecule has 0 saturated carbocycles. The summed E-state index contributed by atoms with van der Waals surface area (Å²) in [7, 11) is 0. The van der Waals surface area contributed by atoms with Crippen LogP contribution in [0.15, 0.2) is 45.7 Å². The van der Waals surface area contributed by atoms with Gasteiger partial charge in [-0.1, -0.05) is 34.1 Å². The minimum Gasteiger partial charge on any atom is -0.447 e. The van der Waals surface area contributed by atoms with Gasteiger partial charge in [-0.2, -0.15) is 0 Å². The van der Waals surface area contributed by atoms with Gasteiger partial charge in [-0.25, -0.2) is 4.98 Å². The van der Waals surface area contributed by atoms with Crippen molar-refractivity contribution in [1.82, 2.24) is 10.3 Å². The molecule has 0 bridgehead atoms. The van der Waals surface area contributed by atoms with E-state index >= 15 is 0 Å². The first-order valence-corrected chi connectivity index (χ1v) is 5.92. The van der Waals surface area contributed by atoms with E-state index in [0.29, 0.717) is 6.54 Å². The predicted molar refractivity (Wildman–Crippen MR) is 65.9 cm³/mol. The van der Waals surface area contributed by atoms with Gasteiger partial charge in [-0.15, -0.1) is 0 Å². The largest absolute Gasteiger partial charge is 0.447 e. The highest BCUT2D eigenvalue weighted by Crippen LogP contribution is 2.22. The third-order valence-corrected chi connectivity index (χ3v) is 3.16. The summed E-state index contributed by atoms with van der Waals surface area (Å²) in [5, 5.41) is 3.38. The summed E-state index contributed by atoms with van der Waals surface area (Å²) in [6.07, 6.45) is 3.17. The SMILES string of the molecule is C[C@@H](NCc1cnco1)c1ccccc1Br. The van der Waals surface area contributed by atoms with E-state index in [0.717, 1.165) is 10.2 Å². The van der Waals surface area contributed by atoms with E-state index in [1.165, 1.54) is 12.0 Å². The highest BCUT2D eigenvalue weighted by Gasteiger charge is 2.08. The normalized spacial score (nSPS) is 12.6. The van der Waals surface area contributed by atoms with Crippen molar-refractivity contribution in [2.24, 2.45) is 0 Å². The monoisotopic (exact) mass is 280 g/mol. The number of oxazole rings is 1.